The Morgan fingerprint density at radius 1 is 1.69 bits per heavy atom. The van der Waals surface area contributed by atoms with Crippen LogP contribution < -0.4 is 0 Å². The Bertz CT molecular complexity index is 253. The summed E-state index contributed by atoms with van der Waals surface area (Å²) in [5, 5.41) is 8.51. The van der Waals surface area contributed by atoms with E-state index in [4.69, 9.17) is 5.11 Å². The Labute approximate surface area is 77.4 Å². The summed E-state index contributed by atoms with van der Waals surface area (Å²) in [7, 11) is 0. The summed E-state index contributed by atoms with van der Waals surface area (Å²) in [4.78, 5) is 21.6. The summed E-state index contributed by atoms with van der Waals surface area (Å²) in [6.45, 7) is 2.07. The molecule has 1 rings (SSSR count). The van der Waals surface area contributed by atoms with Gasteiger partial charge in [-0.1, -0.05) is 13.3 Å². The molecule has 13 heavy (non-hydrogen) atoms. The first kappa shape index (κ1) is 9.96. The van der Waals surface area contributed by atoms with E-state index in [0.717, 1.165) is 18.9 Å². The quantitative estimate of drug-likeness (QED) is 0.662. The number of ketones is 1. The van der Waals surface area contributed by atoms with Gasteiger partial charge in [0.15, 0.2) is 5.78 Å². The zero-order chi connectivity index (χ0) is 9.84. The Kier molecular flexibility index (Phi) is 3.23. The fraction of sp³-hybridized carbons (Fsp3) is 0.600. The van der Waals surface area contributed by atoms with Crippen LogP contribution in [0.4, 0.5) is 0 Å². The van der Waals surface area contributed by atoms with Gasteiger partial charge >= 0.3 is 5.97 Å². The number of Topliss-reactive ketones (excluding diaryl/α,β-unsaturated/α-hetero) is 1. The van der Waals surface area contributed by atoms with E-state index < -0.39 is 5.97 Å². The fourth-order valence-corrected chi connectivity index (χ4v) is 1.66. The van der Waals surface area contributed by atoms with Crippen molar-refractivity contribution in [2.24, 2.45) is 5.92 Å². The van der Waals surface area contributed by atoms with E-state index in [0.29, 0.717) is 24.3 Å². The van der Waals surface area contributed by atoms with Crippen LogP contribution >= 0.6 is 0 Å². The van der Waals surface area contributed by atoms with Crippen molar-refractivity contribution < 1.29 is 14.7 Å². The standard InChI is InChI=1S/C10H14O3/c1-2-7-3-4-9(11)8(5-7)6-10(12)13/h6-7H,2-5H2,1H3,(H,12,13). The third-order valence-corrected chi connectivity index (χ3v) is 2.52. The van der Waals surface area contributed by atoms with Gasteiger partial charge < -0.3 is 5.11 Å². The van der Waals surface area contributed by atoms with Crippen molar-refractivity contribution in [3.8, 4) is 0 Å². The highest BCUT2D eigenvalue weighted by atomic mass is 16.4. The second kappa shape index (κ2) is 4.21. The van der Waals surface area contributed by atoms with Crippen molar-refractivity contribution in [1.82, 2.24) is 0 Å². The molecular weight excluding hydrogens is 168 g/mol. The summed E-state index contributed by atoms with van der Waals surface area (Å²) < 4.78 is 0. The topological polar surface area (TPSA) is 54.4 Å². The van der Waals surface area contributed by atoms with Crippen LogP contribution in [0.5, 0.6) is 0 Å². The van der Waals surface area contributed by atoms with Gasteiger partial charge in [-0.2, -0.15) is 0 Å². The highest BCUT2D eigenvalue weighted by Gasteiger charge is 2.22. The van der Waals surface area contributed by atoms with Crippen LogP contribution in [0.1, 0.15) is 32.6 Å². The van der Waals surface area contributed by atoms with Gasteiger partial charge in [-0.3, -0.25) is 4.79 Å². The van der Waals surface area contributed by atoms with Crippen LogP contribution in [0.15, 0.2) is 11.6 Å². The summed E-state index contributed by atoms with van der Waals surface area (Å²) in [6.07, 6.45) is 4.14. The molecule has 0 saturated heterocycles. The SMILES string of the molecule is CCC1CCC(=O)C(=CC(=O)O)C1. The molecule has 0 radical (unpaired) electrons. The lowest BCUT2D eigenvalue weighted by atomic mass is 9.83. The van der Waals surface area contributed by atoms with Crippen LogP contribution in [0.25, 0.3) is 0 Å². The van der Waals surface area contributed by atoms with E-state index in [1.165, 1.54) is 0 Å². The van der Waals surface area contributed by atoms with Gasteiger partial charge in [0.2, 0.25) is 0 Å². The zero-order valence-corrected chi connectivity index (χ0v) is 7.75. The first-order valence-corrected chi connectivity index (χ1v) is 4.60. The number of hydrogen-bond acceptors (Lipinski definition) is 2. The molecule has 1 saturated carbocycles. The summed E-state index contributed by atoms with van der Waals surface area (Å²) in [5.74, 6) is -0.518. The van der Waals surface area contributed by atoms with Crippen molar-refractivity contribution in [2.45, 2.75) is 32.6 Å². The van der Waals surface area contributed by atoms with Gasteiger partial charge in [0.1, 0.15) is 0 Å². The zero-order valence-electron chi connectivity index (χ0n) is 7.75. The molecule has 1 N–H and O–H groups in total. The van der Waals surface area contributed by atoms with Gasteiger partial charge in [0.25, 0.3) is 0 Å². The number of rotatable bonds is 2. The van der Waals surface area contributed by atoms with Crippen LogP contribution in [0.2, 0.25) is 0 Å². The third kappa shape index (κ3) is 2.68. The molecule has 0 spiro atoms. The molecule has 0 heterocycles. The van der Waals surface area contributed by atoms with Crippen LogP contribution in [-0.4, -0.2) is 16.9 Å². The van der Waals surface area contributed by atoms with Gasteiger partial charge in [-0.15, -0.1) is 0 Å². The molecule has 0 aromatic carbocycles. The van der Waals surface area contributed by atoms with E-state index >= 15 is 0 Å². The van der Waals surface area contributed by atoms with Crippen molar-refractivity contribution in [3.63, 3.8) is 0 Å². The molecule has 1 fully saturated rings. The smallest absolute Gasteiger partial charge is 0.328 e. The maximum Gasteiger partial charge on any atom is 0.328 e. The molecule has 1 unspecified atom stereocenters. The van der Waals surface area contributed by atoms with Crippen LogP contribution in [0.3, 0.4) is 0 Å². The summed E-state index contributed by atoms with van der Waals surface area (Å²) >= 11 is 0. The van der Waals surface area contributed by atoms with Gasteiger partial charge in [0, 0.05) is 18.1 Å². The molecule has 1 aliphatic carbocycles. The van der Waals surface area contributed by atoms with Gasteiger partial charge in [-0.25, -0.2) is 4.79 Å². The molecule has 0 aliphatic heterocycles. The van der Waals surface area contributed by atoms with Crippen molar-refractivity contribution in [1.29, 1.82) is 0 Å². The molecular formula is C10H14O3. The number of carbonyl (C=O) groups excluding carboxylic acids is 1. The number of allylic oxidation sites excluding steroid dienone is 1. The Morgan fingerprint density at radius 3 is 2.92 bits per heavy atom. The monoisotopic (exact) mass is 182 g/mol. The third-order valence-electron chi connectivity index (χ3n) is 2.52. The fourth-order valence-electron chi connectivity index (χ4n) is 1.66. The van der Waals surface area contributed by atoms with E-state index in [1.54, 1.807) is 0 Å². The molecule has 3 heteroatoms. The Balaban J connectivity index is 2.71. The van der Waals surface area contributed by atoms with E-state index in [9.17, 15) is 9.59 Å². The predicted octanol–water partition coefficient (Wildman–Crippen LogP) is 1.78. The maximum atomic E-state index is 11.3. The molecule has 1 aliphatic rings. The molecule has 0 amide bonds. The molecule has 0 aromatic heterocycles. The number of carboxylic acids is 1. The minimum absolute atomic E-state index is 0.00657. The second-order valence-corrected chi connectivity index (χ2v) is 3.45. The molecule has 3 nitrogen and oxygen atoms in total. The average Bonchev–Trinajstić information content (AvgIpc) is 2.08. The second-order valence-electron chi connectivity index (χ2n) is 3.45. The Hall–Kier alpha value is -1.12. The normalized spacial score (nSPS) is 26.4. The molecule has 0 aromatic rings. The highest BCUT2D eigenvalue weighted by Crippen LogP contribution is 2.27. The van der Waals surface area contributed by atoms with Gasteiger partial charge in [0.05, 0.1) is 0 Å². The van der Waals surface area contributed by atoms with E-state index in [-0.39, 0.29) is 5.78 Å². The molecule has 72 valence electrons. The summed E-state index contributed by atoms with van der Waals surface area (Å²) in [6, 6.07) is 0. The van der Waals surface area contributed by atoms with Gasteiger partial charge in [-0.05, 0) is 18.8 Å². The number of hydrogen-bond donors (Lipinski definition) is 1. The predicted molar refractivity (Wildman–Crippen MR) is 48.4 cm³/mol. The van der Waals surface area contributed by atoms with E-state index in [2.05, 4.69) is 6.92 Å². The number of carboxylic acid groups (broad SMARTS) is 1. The average molecular weight is 182 g/mol. The van der Waals surface area contributed by atoms with Crippen molar-refractivity contribution in [2.75, 3.05) is 0 Å². The number of aliphatic carboxylic acids is 1. The van der Waals surface area contributed by atoms with Crippen molar-refractivity contribution in [3.05, 3.63) is 11.6 Å². The largest absolute Gasteiger partial charge is 0.478 e. The first-order valence-electron chi connectivity index (χ1n) is 4.60. The lowest BCUT2D eigenvalue weighted by Gasteiger charge is -2.21. The maximum absolute atomic E-state index is 11.3. The molecule has 0 bridgehead atoms. The Morgan fingerprint density at radius 2 is 2.38 bits per heavy atom. The number of carbonyl (C=O) groups is 2. The molecule has 1 atom stereocenters. The van der Waals surface area contributed by atoms with Crippen molar-refractivity contribution >= 4 is 11.8 Å². The van der Waals surface area contributed by atoms with Crippen LogP contribution in [-0.2, 0) is 9.59 Å². The first-order chi connectivity index (χ1) is 6.13. The van der Waals surface area contributed by atoms with E-state index in [1.807, 2.05) is 0 Å². The minimum Gasteiger partial charge on any atom is -0.478 e. The lowest BCUT2D eigenvalue weighted by molar-refractivity contribution is -0.132. The highest BCUT2D eigenvalue weighted by molar-refractivity contribution is 6.00. The lowest BCUT2D eigenvalue weighted by Crippen LogP contribution is -2.17. The summed E-state index contributed by atoms with van der Waals surface area (Å²) in [5.41, 5.74) is 0.491. The van der Waals surface area contributed by atoms with Crippen LogP contribution in [0, 0.1) is 5.92 Å². The minimum atomic E-state index is -1.01.